The molecule has 0 aliphatic rings. The van der Waals surface area contributed by atoms with Crippen LogP contribution in [-0.4, -0.2) is 6.40 Å². The summed E-state index contributed by atoms with van der Waals surface area (Å²) in [4.78, 5) is 0. The maximum absolute atomic E-state index is 8.79. The Hall–Kier alpha value is 3.33. The molecular weight excluding hydrogens is 144 g/mol. The molecule has 0 unspecified atom stereocenters. The number of hydrogen-bond donors (Lipinski definition) is 0. The van der Waals surface area contributed by atoms with E-state index in [9.17, 15) is 0 Å². The molecular formula is BNa3O2S. The molecule has 0 aromatic heterocycles. The predicted molar refractivity (Wildman–Crippen MR) is 13.1 cm³/mol. The molecule has 0 amide bonds. The fraction of sp³-hybridized carbons (Fsp3) is 0. The standard InChI is InChI=1S/BO2S.3Na/c2-1(3)4;;;/q-3;3*+1. The van der Waals surface area contributed by atoms with Gasteiger partial charge >= 0.3 is 88.7 Å². The fourth-order valence-corrected chi connectivity index (χ4v) is 0. The number of rotatable bonds is 0. The molecule has 0 spiro atoms. The predicted octanol–water partition coefficient (Wildman–Crippen LogP) is -11.7. The second-order valence-electron chi connectivity index (χ2n) is 0.289. The summed E-state index contributed by atoms with van der Waals surface area (Å²) in [6.45, 7) is 0. The van der Waals surface area contributed by atoms with Crippen molar-refractivity contribution in [2.75, 3.05) is 0 Å². The van der Waals surface area contributed by atoms with Crippen molar-refractivity contribution in [3.8, 4) is 0 Å². The molecule has 0 aliphatic carbocycles. The van der Waals surface area contributed by atoms with Gasteiger partial charge in [0.15, 0.2) is 0 Å². The molecule has 2 nitrogen and oxygen atoms in total. The molecule has 0 saturated heterocycles. The summed E-state index contributed by atoms with van der Waals surface area (Å²) in [6, 6.07) is 0. The van der Waals surface area contributed by atoms with Gasteiger partial charge in [0, 0.05) is 0 Å². The summed E-state index contributed by atoms with van der Waals surface area (Å²) in [5.74, 6) is 0. The van der Waals surface area contributed by atoms with Crippen molar-refractivity contribution < 1.29 is 98.7 Å². The minimum atomic E-state index is -2.08. The van der Waals surface area contributed by atoms with Crippen LogP contribution in [0.15, 0.2) is 0 Å². The maximum Gasteiger partial charge on any atom is 1.00 e. The van der Waals surface area contributed by atoms with Gasteiger partial charge in [-0.2, -0.15) is 0 Å². The minimum absolute atomic E-state index is 0. The van der Waals surface area contributed by atoms with E-state index in [1.54, 1.807) is 0 Å². The zero-order valence-corrected chi connectivity index (χ0v) is 11.6. The maximum atomic E-state index is 8.79. The van der Waals surface area contributed by atoms with E-state index in [1.807, 2.05) is 0 Å². The zero-order chi connectivity index (χ0) is 3.58. The molecule has 0 aromatic carbocycles. The molecule has 0 saturated carbocycles. The summed E-state index contributed by atoms with van der Waals surface area (Å²) < 4.78 is 0. The molecule has 0 radical (unpaired) electrons. The van der Waals surface area contributed by atoms with Gasteiger partial charge in [-0.3, -0.25) is 0 Å². The first-order chi connectivity index (χ1) is 1.73. The largest absolute Gasteiger partial charge is 1.00 e. The summed E-state index contributed by atoms with van der Waals surface area (Å²) in [5.41, 5.74) is 0. The van der Waals surface area contributed by atoms with Gasteiger partial charge in [-0.05, 0) is 0 Å². The smallest absolute Gasteiger partial charge is 0.911 e. The minimum Gasteiger partial charge on any atom is -0.911 e. The van der Waals surface area contributed by atoms with E-state index in [0.29, 0.717) is 0 Å². The molecule has 0 N–H and O–H groups in total. The Morgan fingerprint density at radius 2 is 1.00 bits per heavy atom. The molecule has 7 heteroatoms. The molecule has 0 heterocycles. The van der Waals surface area contributed by atoms with Gasteiger partial charge in [-0.15, -0.1) is 0 Å². The van der Waals surface area contributed by atoms with E-state index in [0.717, 1.165) is 0 Å². The molecule has 0 rings (SSSR count). The van der Waals surface area contributed by atoms with Crippen molar-refractivity contribution in [1.82, 2.24) is 0 Å². The molecule has 24 valence electrons. The van der Waals surface area contributed by atoms with E-state index >= 15 is 0 Å². The van der Waals surface area contributed by atoms with E-state index in [2.05, 4.69) is 12.5 Å². The Kier molecular flexibility index (Phi) is 51.8. The third-order valence-electron chi connectivity index (χ3n) is 0. The third-order valence-corrected chi connectivity index (χ3v) is 0. The van der Waals surface area contributed by atoms with Crippen molar-refractivity contribution in [3.63, 3.8) is 0 Å². The van der Waals surface area contributed by atoms with Crippen LogP contribution in [0.3, 0.4) is 0 Å². The fourth-order valence-electron chi connectivity index (χ4n) is 0. The van der Waals surface area contributed by atoms with E-state index in [1.165, 1.54) is 0 Å². The van der Waals surface area contributed by atoms with E-state index < -0.39 is 6.40 Å². The summed E-state index contributed by atoms with van der Waals surface area (Å²) in [7, 11) is 0. The van der Waals surface area contributed by atoms with Crippen LogP contribution >= 0.6 is 0 Å². The van der Waals surface area contributed by atoms with Crippen molar-refractivity contribution in [2.24, 2.45) is 0 Å². The topological polar surface area (TPSA) is 46.1 Å². The van der Waals surface area contributed by atoms with Crippen LogP contribution in [0.25, 0.3) is 0 Å². The molecule has 0 aliphatic heterocycles. The van der Waals surface area contributed by atoms with Crippen LogP contribution in [-0.2, 0) is 12.5 Å². The van der Waals surface area contributed by atoms with E-state index in [4.69, 9.17) is 10.0 Å². The number of hydrogen-bond acceptors (Lipinski definition) is 3. The van der Waals surface area contributed by atoms with Crippen molar-refractivity contribution >= 4 is 18.9 Å². The zero-order valence-electron chi connectivity index (χ0n) is 4.80. The van der Waals surface area contributed by atoms with Gasteiger partial charge in [0.05, 0.1) is 0 Å². The second kappa shape index (κ2) is 16.2. The van der Waals surface area contributed by atoms with Crippen LogP contribution in [0.5, 0.6) is 0 Å². The molecule has 0 fully saturated rings. The van der Waals surface area contributed by atoms with Crippen molar-refractivity contribution in [2.45, 2.75) is 0 Å². The van der Waals surface area contributed by atoms with Gasteiger partial charge in [-0.25, -0.2) is 0 Å². The third kappa shape index (κ3) is 45.2. The quantitative estimate of drug-likeness (QED) is 0.250. The van der Waals surface area contributed by atoms with Crippen LogP contribution in [0.2, 0.25) is 0 Å². The van der Waals surface area contributed by atoms with Gasteiger partial charge in [0.2, 0.25) is 0 Å². The Morgan fingerprint density at radius 3 is 1.00 bits per heavy atom. The second-order valence-corrected chi connectivity index (χ2v) is 0.674. The summed E-state index contributed by atoms with van der Waals surface area (Å²) >= 11 is 3.51. The first kappa shape index (κ1) is 22.4. The van der Waals surface area contributed by atoms with Crippen LogP contribution in [0.4, 0.5) is 0 Å². The van der Waals surface area contributed by atoms with Gasteiger partial charge in [-0.1, -0.05) is 0 Å². The Morgan fingerprint density at radius 1 is 1.00 bits per heavy atom. The van der Waals surface area contributed by atoms with Crippen LogP contribution in [0, 0.1) is 0 Å². The normalized spacial score (nSPS) is 3.86. The molecule has 0 aromatic rings. The van der Waals surface area contributed by atoms with Crippen LogP contribution in [0.1, 0.15) is 0 Å². The molecule has 0 bridgehead atoms. The Labute approximate surface area is 115 Å². The van der Waals surface area contributed by atoms with Gasteiger partial charge in [0.25, 0.3) is 0 Å². The first-order valence-corrected chi connectivity index (χ1v) is 1.18. The summed E-state index contributed by atoms with van der Waals surface area (Å²) in [6.07, 6.45) is -2.08. The molecule has 0 atom stereocenters. The van der Waals surface area contributed by atoms with Gasteiger partial charge in [0.1, 0.15) is 0 Å². The Balaban J connectivity index is -0.0000000150. The van der Waals surface area contributed by atoms with E-state index in [-0.39, 0.29) is 88.7 Å². The average Bonchev–Trinajstić information content (AvgIpc) is 0.811. The SMILES string of the molecule is [Na+].[Na+].[Na+].[O-]B([O-])[S-]. The Bertz CT molecular complexity index is 17.7. The first-order valence-electron chi connectivity index (χ1n) is 0.707. The monoisotopic (exact) mass is 144 g/mol. The molecule has 7 heavy (non-hydrogen) atoms. The summed E-state index contributed by atoms with van der Waals surface area (Å²) in [5, 5.41) is 17.6. The average molecular weight is 144 g/mol. The van der Waals surface area contributed by atoms with Crippen LogP contribution < -0.4 is 98.7 Å². The van der Waals surface area contributed by atoms with Crippen molar-refractivity contribution in [3.05, 3.63) is 0 Å². The van der Waals surface area contributed by atoms with Gasteiger partial charge < -0.3 is 28.9 Å². The van der Waals surface area contributed by atoms with Crippen molar-refractivity contribution in [1.29, 1.82) is 0 Å².